The molecule has 136 valence electrons. The molecular formula is C24H23O2P. The highest BCUT2D eigenvalue weighted by atomic mass is 31.2. The van der Waals surface area contributed by atoms with E-state index in [1.54, 1.807) is 6.92 Å². The molecule has 0 aliphatic heterocycles. The van der Waals surface area contributed by atoms with E-state index in [1.807, 2.05) is 97.9 Å². The summed E-state index contributed by atoms with van der Waals surface area (Å²) in [7, 11) is -3.14. The summed E-state index contributed by atoms with van der Waals surface area (Å²) in [4.78, 5) is 11.9. The van der Waals surface area contributed by atoms with E-state index in [1.165, 1.54) is 0 Å². The molecule has 2 nitrogen and oxygen atoms in total. The number of benzene rings is 3. The Morgan fingerprint density at radius 1 is 0.704 bits per heavy atom. The lowest BCUT2D eigenvalue weighted by atomic mass is 10.1. The van der Waals surface area contributed by atoms with Crippen molar-refractivity contribution in [2.24, 2.45) is 0 Å². The van der Waals surface area contributed by atoms with Crippen molar-refractivity contribution < 1.29 is 9.36 Å². The molecule has 0 aliphatic rings. The molecule has 0 saturated carbocycles. The predicted octanol–water partition coefficient (Wildman–Crippen LogP) is 5.41. The Morgan fingerprint density at radius 2 is 1.11 bits per heavy atom. The van der Waals surface area contributed by atoms with Gasteiger partial charge in [-0.25, -0.2) is 0 Å². The van der Waals surface area contributed by atoms with Crippen LogP contribution in [0.2, 0.25) is 0 Å². The summed E-state index contributed by atoms with van der Waals surface area (Å²) in [5.74, 6) is 0.0635. The Kier molecular flexibility index (Phi) is 5.88. The fraction of sp³-hybridized carbons (Fsp3) is 0.125. The lowest BCUT2D eigenvalue weighted by molar-refractivity contribution is -0.116. The first-order chi connectivity index (χ1) is 13.0. The van der Waals surface area contributed by atoms with Gasteiger partial charge in [0.15, 0.2) is 7.14 Å². The molecule has 0 radical (unpaired) electrons. The van der Waals surface area contributed by atoms with Crippen LogP contribution in [0.15, 0.2) is 96.6 Å². The third kappa shape index (κ3) is 4.02. The van der Waals surface area contributed by atoms with Crippen molar-refractivity contribution in [3.8, 4) is 0 Å². The maximum absolute atomic E-state index is 14.8. The van der Waals surface area contributed by atoms with Gasteiger partial charge in [0.2, 0.25) is 0 Å². The molecule has 3 heteroatoms. The van der Waals surface area contributed by atoms with Crippen LogP contribution in [0.25, 0.3) is 5.31 Å². The maximum atomic E-state index is 14.8. The molecule has 0 atom stereocenters. The van der Waals surface area contributed by atoms with Crippen LogP contribution < -0.4 is 10.6 Å². The van der Waals surface area contributed by atoms with Crippen molar-refractivity contribution >= 4 is 28.8 Å². The molecule has 27 heavy (non-hydrogen) atoms. The molecule has 3 aromatic rings. The van der Waals surface area contributed by atoms with Crippen LogP contribution in [0.1, 0.15) is 25.8 Å². The summed E-state index contributed by atoms with van der Waals surface area (Å²) >= 11 is 0. The minimum Gasteiger partial charge on any atom is -0.309 e. The zero-order valence-corrected chi connectivity index (χ0v) is 16.5. The highest BCUT2D eigenvalue weighted by Gasteiger charge is 2.34. The second-order valence-electron chi connectivity index (χ2n) is 6.65. The number of hydrogen-bond acceptors (Lipinski definition) is 2. The first-order valence-corrected chi connectivity index (χ1v) is 10.7. The van der Waals surface area contributed by atoms with Crippen molar-refractivity contribution in [3.63, 3.8) is 0 Å². The van der Waals surface area contributed by atoms with Gasteiger partial charge >= 0.3 is 0 Å². The second kappa shape index (κ2) is 8.33. The largest absolute Gasteiger partial charge is 0.309 e. The smallest absolute Gasteiger partial charge is 0.171 e. The number of ketones is 1. The standard InChI is InChI=1S/C24H23O2P/c1-19(18-20(2)25)24(21-12-6-3-7-13-21)27(26,22-14-8-4-9-15-22)23-16-10-5-11-17-23/h3-17H,18H2,1-2H3. The van der Waals surface area contributed by atoms with Gasteiger partial charge in [0.1, 0.15) is 5.78 Å². The molecule has 0 aromatic heterocycles. The molecule has 0 heterocycles. The highest BCUT2D eigenvalue weighted by molar-refractivity contribution is 7.87. The number of Topliss-reactive ketones (excluding diaryl/α,β-unsaturated/α-hetero) is 1. The SMILES string of the molecule is CC(=O)CC(C)=C(c1ccccc1)P(=O)(c1ccccc1)c1ccccc1. The van der Waals surface area contributed by atoms with Crippen LogP contribution >= 0.6 is 7.14 Å². The van der Waals surface area contributed by atoms with Crippen LogP contribution in [0, 0.1) is 0 Å². The monoisotopic (exact) mass is 374 g/mol. The lowest BCUT2D eigenvalue weighted by Gasteiger charge is -2.25. The van der Waals surface area contributed by atoms with Gasteiger partial charge in [-0.3, -0.25) is 4.79 Å². The van der Waals surface area contributed by atoms with Crippen LogP contribution in [-0.4, -0.2) is 5.78 Å². The Balaban J connectivity index is 2.37. The number of allylic oxidation sites excluding steroid dienone is 1. The second-order valence-corrected chi connectivity index (χ2v) is 9.35. The van der Waals surface area contributed by atoms with E-state index >= 15 is 0 Å². The van der Waals surface area contributed by atoms with E-state index in [4.69, 9.17) is 0 Å². The Labute approximate surface area is 160 Å². The first-order valence-electron chi connectivity index (χ1n) is 9.00. The Hall–Kier alpha value is -2.70. The molecule has 0 unspecified atom stereocenters. The molecule has 0 fully saturated rings. The molecule has 0 saturated heterocycles. The Bertz CT molecular complexity index is 947. The number of rotatable bonds is 6. The van der Waals surface area contributed by atoms with Crippen LogP contribution in [0.3, 0.4) is 0 Å². The summed E-state index contributed by atoms with van der Waals surface area (Å²) in [6, 6.07) is 28.9. The predicted molar refractivity (Wildman–Crippen MR) is 114 cm³/mol. The normalized spacial score (nSPS) is 12.4. The summed E-state index contributed by atoms with van der Waals surface area (Å²) in [6.45, 7) is 3.49. The first kappa shape index (κ1) is 19.1. The third-order valence-electron chi connectivity index (χ3n) is 4.52. The van der Waals surface area contributed by atoms with Crippen molar-refractivity contribution in [1.82, 2.24) is 0 Å². The van der Waals surface area contributed by atoms with Gasteiger partial charge in [-0.05, 0) is 19.4 Å². The van der Waals surface area contributed by atoms with E-state index < -0.39 is 7.14 Å². The molecule has 0 bridgehead atoms. The van der Waals surface area contributed by atoms with Gasteiger partial charge in [0.05, 0.1) is 0 Å². The number of carbonyl (C=O) groups is 1. The fourth-order valence-electron chi connectivity index (χ4n) is 3.43. The van der Waals surface area contributed by atoms with Crippen LogP contribution in [0.5, 0.6) is 0 Å². The fourth-order valence-corrected chi connectivity index (χ4v) is 6.56. The lowest BCUT2D eigenvalue weighted by Crippen LogP contribution is -2.18. The average molecular weight is 374 g/mol. The number of hydrogen-bond donors (Lipinski definition) is 0. The van der Waals surface area contributed by atoms with Gasteiger partial charge < -0.3 is 4.57 Å². The summed E-state index contributed by atoms with van der Waals surface area (Å²) in [5.41, 5.74) is 1.75. The van der Waals surface area contributed by atoms with Gasteiger partial charge in [0.25, 0.3) is 0 Å². The number of carbonyl (C=O) groups excluding carboxylic acids is 1. The summed E-state index contributed by atoms with van der Waals surface area (Å²) in [5, 5.41) is 2.31. The van der Waals surface area contributed by atoms with Gasteiger partial charge in [-0.1, -0.05) is 96.6 Å². The minimum atomic E-state index is -3.14. The third-order valence-corrected chi connectivity index (χ3v) is 7.84. The van der Waals surface area contributed by atoms with Crippen molar-refractivity contribution in [2.45, 2.75) is 20.3 Å². The quantitative estimate of drug-likeness (QED) is 0.541. The van der Waals surface area contributed by atoms with Crippen molar-refractivity contribution in [1.29, 1.82) is 0 Å². The maximum Gasteiger partial charge on any atom is 0.171 e. The van der Waals surface area contributed by atoms with E-state index in [0.29, 0.717) is 0 Å². The average Bonchev–Trinajstić information content (AvgIpc) is 2.69. The summed E-state index contributed by atoms with van der Waals surface area (Å²) < 4.78 is 14.8. The molecule has 0 aliphatic carbocycles. The molecule has 0 amide bonds. The topological polar surface area (TPSA) is 34.1 Å². The summed E-state index contributed by atoms with van der Waals surface area (Å²) in [6.07, 6.45) is 0.286. The van der Waals surface area contributed by atoms with Crippen molar-refractivity contribution in [3.05, 3.63) is 102 Å². The van der Waals surface area contributed by atoms with E-state index in [-0.39, 0.29) is 12.2 Å². The zero-order valence-electron chi connectivity index (χ0n) is 15.6. The molecular weight excluding hydrogens is 351 g/mol. The Morgan fingerprint density at radius 3 is 1.52 bits per heavy atom. The van der Waals surface area contributed by atoms with Crippen molar-refractivity contribution in [2.75, 3.05) is 0 Å². The molecule has 0 spiro atoms. The molecule has 0 N–H and O–H groups in total. The van der Waals surface area contributed by atoms with Crippen LogP contribution in [-0.2, 0) is 9.36 Å². The highest BCUT2D eigenvalue weighted by Crippen LogP contribution is 2.58. The van der Waals surface area contributed by atoms with E-state index in [0.717, 1.165) is 27.1 Å². The molecule has 3 rings (SSSR count). The molecule has 3 aromatic carbocycles. The minimum absolute atomic E-state index is 0.0635. The van der Waals surface area contributed by atoms with E-state index in [2.05, 4.69) is 0 Å². The van der Waals surface area contributed by atoms with E-state index in [9.17, 15) is 9.36 Å². The zero-order chi connectivity index (χ0) is 19.3. The van der Waals surface area contributed by atoms with Crippen LogP contribution in [0.4, 0.5) is 0 Å². The van der Waals surface area contributed by atoms with Gasteiger partial charge in [-0.2, -0.15) is 0 Å². The van der Waals surface area contributed by atoms with Gasteiger partial charge in [0, 0.05) is 22.3 Å². The van der Waals surface area contributed by atoms with Gasteiger partial charge in [-0.15, -0.1) is 0 Å².